The van der Waals surface area contributed by atoms with Crippen LogP contribution in [-0.4, -0.2) is 36.1 Å². The highest BCUT2D eigenvalue weighted by atomic mass is 16.1. The van der Waals surface area contributed by atoms with E-state index in [-0.39, 0.29) is 5.56 Å². The van der Waals surface area contributed by atoms with Gasteiger partial charge in [0, 0.05) is 25.5 Å². The molecule has 100 valence electrons. The molecule has 0 bridgehead atoms. The normalized spacial score (nSPS) is 20.1. The molecule has 0 spiro atoms. The molecular formula is C13H22N4O. The van der Waals surface area contributed by atoms with Crippen molar-refractivity contribution >= 4 is 5.82 Å². The summed E-state index contributed by atoms with van der Waals surface area (Å²) in [5.41, 5.74) is -0.0836. The second kappa shape index (κ2) is 6.54. The summed E-state index contributed by atoms with van der Waals surface area (Å²) in [5, 5.41) is 3.46. The first-order chi connectivity index (χ1) is 8.81. The quantitative estimate of drug-likeness (QED) is 0.765. The molecule has 1 aromatic heterocycles. The van der Waals surface area contributed by atoms with Crippen molar-refractivity contribution in [3.05, 3.63) is 22.7 Å². The lowest BCUT2D eigenvalue weighted by atomic mass is 9.98. The van der Waals surface area contributed by atoms with Crippen molar-refractivity contribution in [1.29, 1.82) is 0 Å². The van der Waals surface area contributed by atoms with Gasteiger partial charge in [-0.15, -0.1) is 0 Å². The molecule has 0 radical (unpaired) electrons. The highest BCUT2D eigenvalue weighted by molar-refractivity contribution is 5.35. The summed E-state index contributed by atoms with van der Waals surface area (Å²) in [6, 6.07) is 0. The van der Waals surface area contributed by atoms with Crippen LogP contribution in [0, 0.1) is 5.92 Å². The Morgan fingerprint density at radius 3 is 3.28 bits per heavy atom. The molecule has 18 heavy (non-hydrogen) atoms. The first-order valence-electron chi connectivity index (χ1n) is 6.80. The van der Waals surface area contributed by atoms with E-state index in [1.807, 2.05) is 0 Å². The van der Waals surface area contributed by atoms with Crippen molar-refractivity contribution in [3.8, 4) is 0 Å². The third-order valence-corrected chi connectivity index (χ3v) is 3.37. The molecular weight excluding hydrogens is 228 g/mol. The zero-order valence-electron chi connectivity index (χ0n) is 11.0. The van der Waals surface area contributed by atoms with Gasteiger partial charge in [0.15, 0.2) is 5.82 Å². The number of hydrogen-bond donors (Lipinski definition) is 2. The smallest absolute Gasteiger partial charge is 0.290 e. The number of rotatable bonds is 5. The maximum Gasteiger partial charge on any atom is 0.290 e. The van der Waals surface area contributed by atoms with Crippen LogP contribution < -0.4 is 15.8 Å². The summed E-state index contributed by atoms with van der Waals surface area (Å²) in [7, 11) is 0. The fourth-order valence-corrected chi connectivity index (χ4v) is 2.48. The van der Waals surface area contributed by atoms with E-state index in [9.17, 15) is 4.79 Å². The Balaban J connectivity index is 1.94. The van der Waals surface area contributed by atoms with E-state index in [0.29, 0.717) is 11.7 Å². The maximum atomic E-state index is 11.7. The second-order valence-electron chi connectivity index (χ2n) is 4.90. The average Bonchev–Trinajstić information content (AvgIpc) is 2.40. The molecule has 0 aliphatic carbocycles. The molecule has 0 aromatic carbocycles. The number of piperidine rings is 1. The molecule has 5 nitrogen and oxygen atoms in total. The lowest BCUT2D eigenvalue weighted by molar-refractivity contribution is 0.390. The van der Waals surface area contributed by atoms with Crippen LogP contribution in [-0.2, 0) is 0 Å². The molecule has 1 aliphatic heterocycles. The van der Waals surface area contributed by atoms with Crippen molar-refractivity contribution in [2.45, 2.75) is 26.2 Å². The summed E-state index contributed by atoms with van der Waals surface area (Å²) in [5.74, 6) is 1.18. The topological polar surface area (TPSA) is 61.0 Å². The van der Waals surface area contributed by atoms with Gasteiger partial charge in [-0.2, -0.15) is 0 Å². The van der Waals surface area contributed by atoms with Gasteiger partial charge in [0.1, 0.15) is 0 Å². The number of aromatic amines is 1. The van der Waals surface area contributed by atoms with E-state index in [2.05, 4.69) is 27.1 Å². The summed E-state index contributed by atoms with van der Waals surface area (Å²) in [6.45, 7) is 6.14. The average molecular weight is 250 g/mol. The highest BCUT2D eigenvalue weighted by Crippen LogP contribution is 2.18. The van der Waals surface area contributed by atoms with Crippen LogP contribution in [0.4, 0.5) is 5.82 Å². The SMILES string of the molecule is CCCNCC1CCCN(c2ncc[nH]c2=O)C1. The number of anilines is 1. The third-order valence-electron chi connectivity index (χ3n) is 3.37. The molecule has 0 saturated carbocycles. The number of nitrogens with one attached hydrogen (secondary N) is 2. The largest absolute Gasteiger partial charge is 0.352 e. The van der Waals surface area contributed by atoms with E-state index in [4.69, 9.17) is 0 Å². The molecule has 2 heterocycles. The van der Waals surface area contributed by atoms with Crippen LogP contribution in [0.15, 0.2) is 17.2 Å². The minimum Gasteiger partial charge on any atom is -0.352 e. The molecule has 2 N–H and O–H groups in total. The number of H-pyrrole nitrogens is 1. The Labute approximate surface area is 108 Å². The van der Waals surface area contributed by atoms with E-state index in [0.717, 1.165) is 39.0 Å². The van der Waals surface area contributed by atoms with E-state index < -0.39 is 0 Å². The Morgan fingerprint density at radius 2 is 2.50 bits per heavy atom. The molecule has 1 saturated heterocycles. The van der Waals surface area contributed by atoms with E-state index in [1.54, 1.807) is 12.4 Å². The van der Waals surface area contributed by atoms with Crippen molar-refractivity contribution in [2.75, 3.05) is 31.1 Å². The zero-order valence-corrected chi connectivity index (χ0v) is 11.0. The molecule has 1 aliphatic rings. The van der Waals surface area contributed by atoms with Gasteiger partial charge in [-0.1, -0.05) is 6.92 Å². The minimum absolute atomic E-state index is 0.0836. The molecule has 1 aromatic rings. The lowest BCUT2D eigenvalue weighted by Gasteiger charge is -2.33. The van der Waals surface area contributed by atoms with Crippen molar-refractivity contribution < 1.29 is 0 Å². The first-order valence-corrected chi connectivity index (χ1v) is 6.80. The molecule has 2 rings (SSSR count). The summed E-state index contributed by atoms with van der Waals surface area (Å²) < 4.78 is 0. The summed E-state index contributed by atoms with van der Waals surface area (Å²) in [4.78, 5) is 20.7. The van der Waals surface area contributed by atoms with E-state index in [1.165, 1.54) is 6.42 Å². The van der Waals surface area contributed by atoms with Gasteiger partial charge < -0.3 is 15.2 Å². The van der Waals surface area contributed by atoms with Crippen LogP contribution in [0.25, 0.3) is 0 Å². The molecule has 1 fully saturated rings. The zero-order chi connectivity index (χ0) is 12.8. The molecule has 5 heteroatoms. The number of aromatic nitrogens is 2. The van der Waals surface area contributed by atoms with Crippen molar-refractivity contribution in [3.63, 3.8) is 0 Å². The van der Waals surface area contributed by atoms with Crippen LogP contribution in [0.5, 0.6) is 0 Å². The Morgan fingerprint density at radius 1 is 1.61 bits per heavy atom. The second-order valence-corrected chi connectivity index (χ2v) is 4.90. The Kier molecular flexibility index (Phi) is 4.75. The Bertz CT molecular complexity index is 417. The van der Waals surface area contributed by atoms with Crippen LogP contribution in [0.2, 0.25) is 0 Å². The summed E-state index contributed by atoms with van der Waals surface area (Å²) in [6.07, 6.45) is 6.76. The number of nitrogens with zero attached hydrogens (tertiary/aromatic N) is 2. The van der Waals surface area contributed by atoms with Crippen LogP contribution in [0.1, 0.15) is 26.2 Å². The van der Waals surface area contributed by atoms with Gasteiger partial charge in [-0.25, -0.2) is 4.98 Å². The van der Waals surface area contributed by atoms with Crippen LogP contribution in [0.3, 0.4) is 0 Å². The van der Waals surface area contributed by atoms with Gasteiger partial charge in [-0.05, 0) is 38.3 Å². The van der Waals surface area contributed by atoms with Crippen molar-refractivity contribution in [2.24, 2.45) is 5.92 Å². The monoisotopic (exact) mass is 250 g/mol. The fraction of sp³-hybridized carbons (Fsp3) is 0.692. The van der Waals surface area contributed by atoms with Crippen molar-refractivity contribution in [1.82, 2.24) is 15.3 Å². The standard InChI is InChI=1S/C13H22N4O/c1-2-5-14-9-11-4-3-8-17(10-11)12-13(18)16-7-6-15-12/h6-7,11,14H,2-5,8-10H2,1H3,(H,16,18). The van der Waals surface area contributed by atoms with Gasteiger partial charge >= 0.3 is 0 Å². The predicted octanol–water partition coefficient (Wildman–Crippen LogP) is 0.986. The van der Waals surface area contributed by atoms with Gasteiger partial charge in [-0.3, -0.25) is 4.79 Å². The number of hydrogen-bond acceptors (Lipinski definition) is 4. The Hall–Kier alpha value is -1.36. The molecule has 1 unspecified atom stereocenters. The molecule has 1 atom stereocenters. The predicted molar refractivity (Wildman–Crippen MR) is 73.0 cm³/mol. The maximum absolute atomic E-state index is 11.7. The summed E-state index contributed by atoms with van der Waals surface area (Å²) >= 11 is 0. The fourth-order valence-electron chi connectivity index (χ4n) is 2.48. The van der Waals surface area contributed by atoms with Gasteiger partial charge in [0.05, 0.1) is 0 Å². The van der Waals surface area contributed by atoms with E-state index >= 15 is 0 Å². The minimum atomic E-state index is -0.0836. The molecule has 0 amide bonds. The van der Waals surface area contributed by atoms with Gasteiger partial charge in [0.2, 0.25) is 0 Å². The third kappa shape index (κ3) is 3.32. The first kappa shape index (κ1) is 13.1. The lowest BCUT2D eigenvalue weighted by Crippen LogP contribution is -2.42. The highest BCUT2D eigenvalue weighted by Gasteiger charge is 2.22. The van der Waals surface area contributed by atoms with Gasteiger partial charge in [0.25, 0.3) is 5.56 Å². The van der Waals surface area contributed by atoms with Crippen LogP contribution >= 0.6 is 0 Å².